The van der Waals surface area contributed by atoms with Crippen molar-refractivity contribution in [2.24, 2.45) is 5.92 Å². The number of hydrogen-bond acceptors (Lipinski definition) is 6. The summed E-state index contributed by atoms with van der Waals surface area (Å²) in [6.45, 7) is 0. The van der Waals surface area contributed by atoms with Gasteiger partial charge in [-0.3, -0.25) is 4.79 Å². The molecule has 0 bridgehead atoms. The Hall–Kier alpha value is -2.83. The number of hydrogen-bond donors (Lipinski definition) is 1. The molecule has 1 atom stereocenters. The van der Waals surface area contributed by atoms with Crippen LogP contribution in [0.1, 0.15) is 37.7 Å². The van der Waals surface area contributed by atoms with Crippen molar-refractivity contribution < 1.29 is 23.5 Å². The number of benzene rings is 1. The monoisotopic (exact) mass is 387 g/mol. The van der Waals surface area contributed by atoms with Crippen LogP contribution in [0.2, 0.25) is 0 Å². The van der Waals surface area contributed by atoms with Crippen molar-refractivity contribution in [3.05, 3.63) is 40.2 Å². The van der Waals surface area contributed by atoms with Gasteiger partial charge in [-0.1, -0.05) is 19.3 Å². The molecule has 1 amide bonds. The fourth-order valence-corrected chi connectivity index (χ4v) is 3.72. The van der Waals surface area contributed by atoms with E-state index in [-0.39, 0.29) is 18.2 Å². The maximum Gasteiger partial charge on any atom is 0.336 e. The summed E-state index contributed by atoms with van der Waals surface area (Å²) in [5.41, 5.74) is 0.440. The van der Waals surface area contributed by atoms with E-state index in [0.717, 1.165) is 32.1 Å². The van der Waals surface area contributed by atoms with Crippen LogP contribution in [0, 0.1) is 5.92 Å². The molecule has 150 valence electrons. The Kier molecular flexibility index (Phi) is 6.34. The highest BCUT2D eigenvalue weighted by Gasteiger charge is 2.28. The number of rotatable bonds is 6. The van der Waals surface area contributed by atoms with Crippen molar-refractivity contribution in [2.75, 3.05) is 14.2 Å². The minimum Gasteiger partial charge on any atom is -0.497 e. The zero-order chi connectivity index (χ0) is 20.1. The fourth-order valence-electron chi connectivity index (χ4n) is 3.72. The Balaban J connectivity index is 1.87. The molecule has 0 unspecified atom stereocenters. The van der Waals surface area contributed by atoms with Crippen LogP contribution in [0.5, 0.6) is 5.75 Å². The highest BCUT2D eigenvalue weighted by molar-refractivity contribution is 5.87. The topological polar surface area (TPSA) is 94.8 Å². The molecule has 0 saturated heterocycles. The summed E-state index contributed by atoms with van der Waals surface area (Å²) < 4.78 is 15.3. The van der Waals surface area contributed by atoms with Gasteiger partial charge in [-0.2, -0.15) is 0 Å². The molecule has 1 aliphatic rings. The average molecular weight is 387 g/mol. The molecule has 0 aliphatic heterocycles. The summed E-state index contributed by atoms with van der Waals surface area (Å²) in [5, 5.41) is 3.50. The number of ether oxygens (including phenoxy) is 2. The van der Waals surface area contributed by atoms with Crippen molar-refractivity contribution in [2.45, 2.75) is 44.6 Å². The Morgan fingerprint density at radius 2 is 1.93 bits per heavy atom. The largest absolute Gasteiger partial charge is 0.497 e. The fraction of sp³-hybridized carbons (Fsp3) is 0.476. The summed E-state index contributed by atoms with van der Waals surface area (Å²) in [6.07, 6.45) is 4.98. The highest BCUT2D eigenvalue weighted by atomic mass is 16.5. The van der Waals surface area contributed by atoms with Gasteiger partial charge in [-0.05, 0) is 30.5 Å². The smallest absolute Gasteiger partial charge is 0.336 e. The van der Waals surface area contributed by atoms with E-state index >= 15 is 0 Å². The van der Waals surface area contributed by atoms with Gasteiger partial charge >= 0.3 is 11.6 Å². The van der Waals surface area contributed by atoms with E-state index in [4.69, 9.17) is 13.9 Å². The molecule has 0 spiro atoms. The van der Waals surface area contributed by atoms with Gasteiger partial charge in [0.05, 0.1) is 14.2 Å². The van der Waals surface area contributed by atoms with Gasteiger partial charge in [-0.25, -0.2) is 9.59 Å². The third-order valence-electron chi connectivity index (χ3n) is 5.24. The molecular formula is C21H25NO6. The number of carbonyl (C=O) groups excluding carboxylic acids is 2. The second-order valence-electron chi connectivity index (χ2n) is 7.08. The van der Waals surface area contributed by atoms with Crippen molar-refractivity contribution in [3.8, 4) is 5.75 Å². The number of methoxy groups -OCH3 is 2. The normalized spacial score (nSPS) is 15.8. The highest BCUT2D eigenvalue weighted by Crippen LogP contribution is 2.25. The maximum absolute atomic E-state index is 12.6. The Morgan fingerprint density at radius 3 is 2.61 bits per heavy atom. The summed E-state index contributed by atoms with van der Waals surface area (Å²) >= 11 is 0. The molecule has 28 heavy (non-hydrogen) atoms. The maximum atomic E-state index is 12.6. The van der Waals surface area contributed by atoms with Crippen LogP contribution in [-0.4, -0.2) is 32.1 Å². The molecule has 1 aromatic heterocycles. The molecule has 1 fully saturated rings. The van der Waals surface area contributed by atoms with Gasteiger partial charge in [0.1, 0.15) is 17.4 Å². The second kappa shape index (κ2) is 8.91. The van der Waals surface area contributed by atoms with E-state index < -0.39 is 17.6 Å². The zero-order valence-electron chi connectivity index (χ0n) is 16.2. The van der Waals surface area contributed by atoms with E-state index in [1.165, 1.54) is 20.3 Å². The molecule has 1 aliphatic carbocycles. The van der Waals surface area contributed by atoms with E-state index in [1.807, 2.05) is 0 Å². The summed E-state index contributed by atoms with van der Waals surface area (Å²) in [7, 11) is 2.81. The number of nitrogens with one attached hydrogen (secondary N) is 1. The number of esters is 1. The first-order valence-corrected chi connectivity index (χ1v) is 9.51. The molecule has 1 saturated carbocycles. The van der Waals surface area contributed by atoms with Gasteiger partial charge in [-0.15, -0.1) is 0 Å². The molecule has 1 N–H and O–H groups in total. The van der Waals surface area contributed by atoms with Gasteiger partial charge < -0.3 is 19.2 Å². The SMILES string of the molecule is COC(=O)[C@@H](Cc1cc(=O)oc2cc(OC)ccc12)NC(=O)C1CCCCC1. The van der Waals surface area contributed by atoms with Crippen LogP contribution in [0.25, 0.3) is 11.0 Å². The van der Waals surface area contributed by atoms with Crippen LogP contribution in [-0.2, 0) is 20.7 Å². The second-order valence-corrected chi connectivity index (χ2v) is 7.08. The summed E-state index contributed by atoms with van der Waals surface area (Å²) in [5.74, 6) is -0.200. The molecule has 3 rings (SSSR count). The van der Waals surface area contributed by atoms with E-state index in [1.54, 1.807) is 18.2 Å². The van der Waals surface area contributed by atoms with E-state index in [2.05, 4.69) is 5.32 Å². The number of amides is 1. The van der Waals surface area contributed by atoms with E-state index in [0.29, 0.717) is 22.3 Å². The minimum absolute atomic E-state index is 0.0808. The Labute approximate surface area is 163 Å². The Bertz CT molecular complexity index is 913. The molecule has 7 nitrogen and oxygen atoms in total. The minimum atomic E-state index is -0.869. The predicted octanol–water partition coefficient (Wildman–Crippen LogP) is 2.58. The molecule has 0 radical (unpaired) electrons. The molecule has 2 aromatic rings. The van der Waals surface area contributed by atoms with Crippen LogP contribution in [0.15, 0.2) is 33.5 Å². The molecule has 1 aromatic carbocycles. The molecular weight excluding hydrogens is 362 g/mol. The summed E-state index contributed by atoms with van der Waals surface area (Å²) in [4.78, 5) is 36.9. The van der Waals surface area contributed by atoms with Crippen LogP contribution in [0.3, 0.4) is 0 Å². The molecule has 7 heteroatoms. The summed E-state index contributed by atoms with van der Waals surface area (Å²) in [6, 6.07) is 5.61. The lowest BCUT2D eigenvalue weighted by atomic mass is 9.88. The number of fused-ring (bicyclic) bond motifs is 1. The van der Waals surface area contributed by atoms with Crippen molar-refractivity contribution in [1.82, 2.24) is 5.32 Å². The van der Waals surface area contributed by atoms with Crippen molar-refractivity contribution in [1.29, 1.82) is 0 Å². The van der Waals surface area contributed by atoms with Crippen LogP contribution < -0.4 is 15.7 Å². The molecule has 1 heterocycles. The first-order chi connectivity index (χ1) is 13.5. The van der Waals surface area contributed by atoms with Crippen molar-refractivity contribution in [3.63, 3.8) is 0 Å². The lowest BCUT2D eigenvalue weighted by molar-refractivity contribution is -0.145. The lowest BCUT2D eigenvalue weighted by Crippen LogP contribution is -2.46. The zero-order valence-corrected chi connectivity index (χ0v) is 16.2. The van der Waals surface area contributed by atoms with Gasteiger partial charge in [0.25, 0.3) is 0 Å². The van der Waals surface area contributed by atoms with Gasteiger partial charge in [0.15, 0.2) is 0 Å². The van der Waals surface area contributed by atoms with E-state index in [9.17, 15) is 14.4 Å². The number of carbonyl (C=O) groups is 2. The first kappa shape index (κ1) is 19.9. The van der Waals surface area contributed by atoms with Crippen molar-refractivity contribution >= 4 is 22.8 Å². The van der Waals surface area contributed by atoms with Gasteiger partial charge in [0, 0.05) is 29.9 Å². The third-order valence-corrected chi connectivity index (χ3v) is 5.24. The Morgan fingerprint density at radius 1 is 1.18 bits per heavy atom. The first-order valence-electron chi connectivity index (χ1n) is 9.51. The standard InChI is InChI=1S/C21H25NO6/c1-26-15-8-9-16-14(11-19(23)28-18(16)12-15)10-17(21(25)27-2)22-20(24)13-6-4-3-5-7-13/h8-9,11-13,17H,3-7,10H2,1-2H3,(H,22,24)/t17-/m1/s1. The predicted molar refractivity (Wildman–Crippen MR) is 103 cm³/mol. The average Bonchev–Trinajstić information content (AvgIpc) is 2.72. The van der Waals surface area contributed by atoms with Crippen LogP contribution in [0.4, 0.5) is 0 Å². The lowest BCUT2D eigenvalue weighted by Gasteiger charge is -2.24. The third kappa shape index (κ3) is 4.52. The van der Waals surface area contributed by atoms with Gasteiger partial charge in [0.2, 0.25) is 5.91 Å². The van der Waals surface area contributed by atoms with Crippen LogP contribution >= 0.6 is 0 Å². The quantitative estimate of drug-likeness (QED) is 0.605.